The number of aryl methyl sites for hydroxylation is 2. The largest absolute Gasteiger partial charge is 0.416 e. The Kier molecular flexibility index (Phi) is 8.57. The average Bonchev–Trinajstić information content (AvgIpc) is 3.12. The minimum Gasteiger partial charge on any atom is -0.379 e. The third-order valence-corrected chi connectivity index (χ3v) is 5.78. The van der Waals surface area contributed by atoms with Gasteiger partial charge in [-0.05, 0) is 67.5 Å². The highest BCUT2D eigenvalue weighted by Gasteiger charge is 2.36. The lowest BCUT2D eigenvalue weighted by atomic mass is 10.0. The van der Waals surface area contributed by atoms with Gasteiger partial charge in [0.1, 0.15) is 6.23 Å². The topological polar surface area (TPSA) is 46.2 Å². The van der Waals surface area contributed by atoms with Crippen LogP contribution in [0.1, 0.15) is 52.6 Å². The molecule has 1 aromatic carbocycles. The van der Waals surface area contributed by atoms with Crippen molar-refractivity contribution in [3.8, 4) is 11.8 Å². The van der Waals surface area contributed by atoms with E-state index in [1.807, 2.05) is 19.1 Å². The van der Waals surface area contributed by atoms with Gasteiger partial charge >= 0.3 is 12.4 Å². The first-order valence-corrected chi connectivity index (χ1v) is 10.5. The molecule has 1 aromatic heterocycles. The molecular weight excluding hydrogens is 440 g/mol. The molecule has 31 heavy (non-hydrogen) atoms. The van der Waals surface area contributed by atoms with Gasteiger partial charge < -0.3 is 10.8 Å². The number of halogens is 6. The Labute approximate surface area is 181 Å². The Morgan fingerprint density at radius 1 is 1.00 bits per heavy atom. The second-order valence-corrected chi connectivity index (χ2v) is 8.51. The standard InChI is InChI=1S/C22H23F6NOS/c1-14(20(29)30)7-8-19-10-9-18(31-19)6-4-2-3-5-15-11-16(21(23,24)25)13-17(12-15)22(26,27)28/h9-14,20,30H,2-3,5,7-8,29H2,1H3. The van der Waals surface area contributed by atoms with Gasteiger partial charge in [-0.1, -0.05) is 18.8 Å². The van der Waals surface area contributed by atoms with Crippen LogP contribution in [-0.4, -0.2) is 11.3 Å². The lowest BCUT2D eigenvalue weighted by Gasteiger charge is -2.14. The highest BCUT2D eigenvalue weighted by Crippen LogP contribution is 2.36. The van der Waals surface area contributed by atoms with Crippen molar-refractivity contribution in [3.05, 3.63) is 56.8 Å². The van der Waals surface area contributed by atoms with E-state index in [1.165, 1.54) is 11.3 Å². The molecule has 0 fully saturated rings. The summed E-state index contributed by atoms with van der Waals surface area (Å²) in [6.07, 6.45) is -8.28. The van der Waals surface area contributed by atoms with Crippen LogP contribution >= 0.6 is 11.3 Å². The Balaban J connectivity index is 1.93. The molecule has 0 radical (unpaired) electrons. The number of alkyl halides is 6. The minimum absolute atomic E-state index is 0.0152. The van der Waals surface area contributed by atoms with Crippen molar-refractivity contribution < 1.29 is 31.4 Å². The summed E-state index contributed by atoms with van der Waals surface area (Å²) >= 11 is 1.50. The number of aliphatic hydroxyl groups excluding tert-OH is 1. The van der Waals surface area contributed by atoms with E-state index in [1.54, 1.807) is 0 Å². The fourth-order valence-corrected chi connectivity index (χ4v) is 3.71. The van der Waals surface area contributed by atoms with Crippen molar-refractivity contribution in [1.82, 2.24) is 0 Å². The van der Waals surface area contributed by atoms with Gasteiger partial charge in [0.05, 0.1) is 16.0 Å². The number of benzene rings is 1. The van der Waals surface area contributed by atoms with Crippen molar-refractivity contribution in [1.29, 1.82) is 0 Å². The molecule has 2 atom stereocenters. The summed E-state index contributed by atoms with van der Waals surface area (Å²) in [4.78, 5) is 1.93. The van der Waals surface area contributed by atoms with Crippen LogP contribution in [0.15, 0.2) is 30.3 Å². The zero-order chi connectivity index (χ0) is 23.2. The summed E-state index contributed by atoms with van der Waals surface area (Å²) in [6.45, 7) is 1.86. The molecule has 0 aliphatic rings. The highest BCUT2D eigenvalue weighted by atomic mass is 32.1. The molecule has 9 heteroatoms. The van der Waals surface area contributed by atoms with E-state index < -0.39 is 29.7 Å². The maximum absolute atomic E-state index is 12.9. The third-order valence-electron chi connectivity index (χ3n) is 4.72. The lowest BCUT2D eigenvalue weighted by Crippen LogP contribution is -2.27. The molecule has 0 saturated carbocycles. The van der Waals surface area contributed by atoms with Crippen molar-refractivity contribution in [3.63, 3.8) is 0 Å². The molecule has 2 unspecified atom stereocenters. The number of thiophene rings is 1. The summed E-state index contributed by atoms with van der Waals surface area (Å²) in [5, 5.41) is 9.31. The van der Waals surface area contributed by atoms with Gasteiger partial charge in [0.2, 0.25) is 0 Å². The van der Waals surface area contributed by atoms with E-state index in [0.717, 1.165) is 34.7 Å². The Morgan fingerprint density at radius 2 is 1.61 bits per heavy atom. The van der Waals surface area contributed by atoms with Gasteiger partial charge in [0.25, 0.3) is 0 Å². The second kappa shape index (κ2) is 10.5. The summed E-state index contributed by atoms with van der Waals surface area (Å²) in [6, 6.07) is 5.44. The Morgan fingerprint density at radius 3 is 2.16 bits per heavy atom. The van der Waals surface area contributed by atoms with Gasteiger partial charge in [0.15, 0.2) is 0 Å². The smallest absolute Gasteiger partial charge is 0.379 e. The number of aliphatic hydroxyl groups is 1. The molecule has 170 valence electrons. The third kappa shape index (κ3) is 8.20. The van der Waals surface area contributed by atoms with Crippen LogP contribution in [0, 0.1) is 17.8 Å². The maximum Gasteiger partial charge on any atom is 0.416 e. The predicted octanol–water partition coefficient (Wildman–Crippen LogP) is 6.01. The van der Waals surface area contributed by atoms with E-state index in [9.17, 15) is 31.4 Å². The van der Waals surface area contributed by atoms with E-state index in [2.05, 4.69) is 11.8 Å². The molecule has 0 bridgehead atoms. The van der Waals surface area contributed by atoms with E-state index >= 15 is 0 Å². The van der Waals surface area contributed by atoms with Gasteiger partial charge in [-0.3, -0.25) is 0 Å². The summed E-state index contributed by atoms with van der Waals surface area (Å²) in [7, 11) is 0. The zero-order valence-electron chi connectivity index (χ0n) is 16.8. The number of hydrogen-bond acceptors (Lipinski definition) is 3. The molecule has 0 spiro atoms. The molecule has 3 N–H and O–H groups in total. The van der Waals surface area contributed by atoms with Crippen LogP contribution in [0.4, 0.5) is 26.3 Å². The number of unbranched alkanes of at least 4 members (excludes halogenated alkanes) is 1. The van der Waals surface area contributed by atoms with Gasteiger partial charge in [0, 0.05) is 11.3 Å². The molecule has 2 nitrogen and oxygen atoms in total. The Hall–Kier alpha value is -2.02. The normalized spacial score (nSPS) is 14.1. The second-order valence-electron chi connectivity index (χ2n) is 7.34. The molecular formula is C22H23F6NOS. The summed E-state index contributed by atoms with van der Waals surface area (Å²) in [5.41, 5.74) is 2.81. The van der Waals surface area contributed by atoms with Crippen LogP contribution in [0.25, 0.3) is 0 Å². The van der Waals surface area contributed by atoms with Crippen LogP contribution in [0.5, 0.6) is 0 Å². The minimum atomic E-state index is -4.84. The van der Waals surface area contributed by atoms with Crippen LogP contribution in [0.3, 0.4) is 0 Å². The number of nitrogens with two attached hydrogens (primary N) is 1. The molecule has 0 aliphatic heterocycles. The first-order valence-electron chi connectivity index (χ1n) is 9.66. The van der Waals surface area contributed by atoms with Crippen LogP contribution in [-0.2, 0) is 25.2 Å². The molecule has 2 rings (SSSR count). The zero-order valence-corrected chi connectivity index (χ0v) is 17.6. The number of rotatable bonds is 7. The van der Waals surface area contributed by atoms with E-state index in [4.69, 9.17) is 5.73 Å². The number of hydrogen-bond donors (Lipinski definition) is 2. The van der Waals surface area contributed by atoms with Crippen LogP contribution in [0.2, 0.25) is 0 Å². The van der Waals surface area contributed by atoms with Crippen molar-refractivity contribution in [2.75, 3.05) is 0 Å². The molecule has 1 heterocycles. The van der Waals surface area contributed by atoms with E-state index in [0.29, 0.717) is 12.8 Å². The van der Waals surface area contributed by atoms with Crippen LogP contribution < -0.4 is 5.73 Å². The van der Waals surface area contributed by atoms with Crippen molar-refractivity contribution >= 4 is 11.3 Å². The monoisotopic (exact) mass is 463 g/mol. The average molecular weight is 463 g/mol. The highest BCUT2D eigenvalue weighted by molar-refractivity contribution is 7.12. The maximum atomic E-state index is 12.9. The first-order chi connectivity index (χ1) is 14.4. The summed E-state index contributed by atoms with van der Waals surface area (Å²) in [5.74, 6) is 5.86. The fourth-order valence-electron chi connectivity index (χ4n) is 2.81. The quantitative estimate of drug-likeness (QED) is 0.229. The SMILES string of the molecule is CC(CCc1ccc(C#CCCCc2cc(C(F)(F)F)cc(C(F)(F)F)c2)s1)C(N)O. The lowest BCUT2D eigenvalue weighted by molar-refractivity contribution is -0.143. The predicted molar refractivity (Wildman–Crippen MR) is 108 cm³/mol. The molecule has 0 aliphatic carbocycles. The Bertz CT molecular complexity index is 888. The van der Waals surface area contributed by atoms with E-state index in [-0.39, 0.29) is 24.0 Å². The molecule has 2 aromatic rings. The molecule has 0 saturated heterocycles. The van der Waals surface area contributed by atoms with Crippen molar-refractivity contribution in [2.24, 2.45) is 11.7 Å². The fraction of sp³-hybridized carbons (Fsp3) is 0.455. The summed E-state index contributed by atoms with van der Waals surface area (Å²) < 4.78 is 77.4. The van der Waals surface area contributed by atoms with Gasteiger partial charge in [-0.25, -0.2) is 0 Å². The van der Waals surface area contributed by atoms with Gasteiger partial charge in [-0.2, -0.15) is 26.3 Å². The first kappa shape index (κ1) is 25.2. The molecule has 0 amide bonds. The van der Waals surface area contributed by atoms with Crippen molar-refractivity contribution in [2.45, 2.75) is 57.6 Å². The van der Waals surface area contributed by atoms with Gasteiger partial charge in [-0.15, -0.1) is 11.3 Å².